The van der Waals surface area contributed by atoms with E-state index in [2.05, 4.69) is 57.3 Å². The fraction of sp³-hybridized carbons (Fsp3) is 0.500. The van der Waals surface area contributed by atoms with Crippen molar-refractivity contribution in [2.24, 2.45) is 0 Å². The molecule has 0 amide bonds. The molecule has 6 heteroatoms. The van der Waals surface area contributed by atoms with Gasteiger partial charge >= 0.3 is 0 Å². The number of hydrogen-bond donors (Lipinski definition) is 0. The first-order valence-electron chi connectivity index (χ1n) is 13.4. The summed E-state index contributed by atoms with van der Waals surface area (Å²) < 4.78 is 17.0. The molecule has 192 valence electrons. The molecule has 36 heavy (non-hydrogen) atoms. The Bertz CT molecular complexity index is 1040. The molecule has 1 aromatic heterocycles. The van der Waals surface area contributed by atoms with E-state index in [0.717, 1.165) is 50.4 Å². The average molecular weight is 490 g/mol. The summed E-state index contributed by atoms with van der Waals surface area (Å²) in [6.07, 6.45) is 13.7. The third-order valence-electron chi connectivity index (χ3n) is 7.73. The summed E-state index contributed by atoms with van der Waals surface area (Å²) in [6, 6.07) is 13.0. The smallest absolute Gasteiger partial charge is 0.213 e. The maximum atomic E-state index is 6.07. The van der Waals surface area contributed by atoms with E-state index in [4.69, 9.17) is 14.2 Å². The van der Waals surface area contributed by atoms with Crippen LogP contribution >= 0.6 is 0 Å². The van der Waals surface area contributed by atoms with Crippen LogP contribution < -0.4 is 14.4 Å². The molecule has 2 aromatic rings. The largest absolute Gasteiger partial charge is 0.492 e. The van der Waals surface area contributed by atoms with Crippen molar-refractivity contribution >= 4 is 5.69 Å². The average Bonchev–Trinajstić information content (AvgIpc) is 2.94. The van der Waals surface area contributed by atoms with E-state index in [9.17, 15) is 0 Å². The van der Waals surface area contributed by atoms with Crippen molar-refractivity contribution in [3.8, 4) is 11.6 Å². The van der Waals surface area contributed by atoms with E-state index in [1.165, 1.54) is 49.1 Å². The third-order valence-corrected chi connectivity index (χ3v) is 7.73. The normalized spacial score (nSPS) is 22.4. The highest BCUT2D eigenvalue weighted by molar-refractivity contribution is 5.56. The number of benzene rings is 1. The zero-order chi connectivity index (χ0) is 24.7. The van der Waals surface area contributed by atoms with Gasteiger partial charge in [-0.3, -0.25) is 4.90 Å². The maximum absolute atomic E-state index is 6.07. The van der Waals surface area contributed by atoms with Crippen molar-refractivity contribution in [3.05, 3.63) is 71.5 Å². The van der Waals surface area contributed by atoms with E-state index in [-0.39, 0.29) is 12.1 Å². The number of fused-ring (bicyclic) bond motifs is 1. The monoisotopic (exact) mass is 489 g/mol. The minimum atomic E-state index is 0.181. The van der Waals surface area contributed by atoms with Crippen LogP contribution in [0.25, 0.3) is 0 Å². The van der Waals surface area contributed by atoms with E-state index in [0.29, 0.717) is 5.88 Å². The van der Waals surface area contributed by atoms with Gasteiger partial charge in [-0.1, -0.05) is 30.7 Å². The summed E-state index contributed by atoms with van der Waals surface area (Å²) in [5, 5.41) is 0. The zero-order valence-corrected chi connectivity index (χ0v) is 21.7. The van der Waals surface area contributed by atoms with Gasteiger partial charge in [0.15, 0.2) is 0 Å². The Kier molecular flexibility index (Phi) is 8.24. The van der Waals surface area contributed by atoms with E-state index in [1.54, 1.807) is 14.2 Å². The Hall–Kier alpha value is -2.83. The van der Waals surface area contributed by atoms with Gasteiger partial charge in [0.05, 0.1) is 31.1 Å². The van der Waals surface area contributed by atoms with Gasteiger partial charge in [-0.05, 0) is 80.1 Å². The van der Waals surface area contributed by atoms with Gasteiger partial charge in [0.25, 0.3) is 0 Å². The second-order valence-electron chi connectivity index (χ2n) is 9.98. The summed E-state index contributed by atoms with van der Waals surface area (Å²) >= 11 is 0. The predicted molar refractivity (Wildman–Crippen MR) is 144 cm³/mol. The van der Waals surface area contributed by atoms with Crippen LogP contribution in [0.4, 0.5) is 5.69 Å². The molecule has 1 aromatic carbocycles. The SMILES string of the molecule is COc1ccc(N2CCC3=CC(OC)CC=C3C2Cc2ccc(OCCN3CCCCC3)cc2)cn1. The Balaban J connectivity index is 1.28. The molecule has 0 saturated carbocycles. The number of ether oxygens (including phenoxy) is 3. The molecule has 2 aliphatic heterocycles. The number of anilines is 1. The van der Waals surface area contributed by atoms with Crippen LogP contribution in [0.3, 0.4) is 0 Å². The lowest BCUT2D eigenvalue weighted by molar-refractivity contribution is 0.141. The van der Waals surface area contributed by atoms with Crippen molar-refractivity contribution < 1.29 is 14.2 Å². The molecule has 0 spiro atoms. The van der Waals surface area contributed by atoms with E-state index < -0.39 is 0 Å². The molecular weight excluding hydrogens is 450 g/mol. The Morgan fingerprint density at radius 2 is 1.81 bits per heavy atom. The summed E-state index contributed by atoms with van der Waals surface area (Å²) in [6.45, 7) is 5.14. The number of hydrogen-bond acceptors (Lipinski definition) is 6. The Morgan fingerprint density at radius 1 is 0.972 bits per heavy atom. The minimum absolute atomic E-state index is 0.181. The molecular formula is C30H39N3O3. The van der Waals surface area contributed by atoms with E-state index in [1.807, 2.05) is 12.3 Å². The second kappa shape index (κ2) is 11.9. The standard InChI is InChI=1S/C30H39N3O3/c1-34-27-11-12-28-24(21-27)14-17-33(25-8-13-30(35-2)31-22-25)29(28)20-23-6-9-26(10-7-23)36-19-18-32-15-4-3-5-16-32/h6-10,12-13,21-22,27,29H,3-5,11,14-20H2,1-2H3. The molecule has 2 unspecified atom stereocenters. The maximum Gasteiger partial charge on any atom is 0.213 e. The lowest BCUT2D eigenvalue weighted by Crippen LogP contribution is -2.44. The summed E-state index contributed by atoms with van der Waals surface area (Å²) in [5.41, 5.74) is 5.29. The molecule has 2 fully saturated rings. The van der Waals surface area contributed by atoms with Crippen LogP contribution in [0.5, 0.6) is 11.6 Å². The molecule has 6 nitrogen and oxygen atoms in total. The minimum Gasteiger partial charge on any atom is -0.492 e. The molecule has 5 rings (SSSR count). The highest BCUT2D eigenvalue weighted by atomic mass is 16.5. The highest BCUT2D eigenvalue weighted by Crippen LogP contribution is 2.37. The molecule has 3 aliphatic rings. The van der Waals surface area contributed by atoms with Crippen molar-refractivity contribution in [3.63, 3.8) is 0 Å². The Labute approximate surface area is 215 Å². The first kappa shape index (κ1) is 24.8. The lowest BCUT2D eigenvalue weighted by atomic mass is 9.82. The van der Waals surface area contributed by atoms with Crippen LogP contribution in [0.1, 0.15) is 37.7 Å². The number of methoxy groups -OCH3 is 2. The summed E-state index contributed by atoms with van der Waals surface area (Å²) in [4.78, 5) is 9.49. The van der Waals surface area contributed by atoms with Crippen LogP contribution in [-0.4, -0.2) is 69.0 Å². The predicted octanol–water partition coefficient (Wildman–Crippen LogP) is 5.05. The molecule has 2 atom stereocenters. The number of rotatable bonds is 9. The highest BCUT2D eigenvalue weighted by Gasteiger charge is 2.32. The molecule has 0 bridgehead atoms. The quantitative estimate of drug-likeness (QED) is 0.491. The van der Waals surface area contributed by atoms with Crippen molar-refractivity contribution in [2.75, 3.05) is 51.9 Å². The summed E-state index contributed by atoms with van der Waals surface area (Å²) in [7, 11) is 3.45. The third kappa shape index (κ3) is 5.93. The summed E-state index contributed by atoms with van der Waals surface area (Å²) in [5.74, 6) is 1.60. The lowest BCUT2D eigenvalue weighted by Gasteiger charge is -2.42. The van der Waals surface area contributed by atoms with Crippen LogP contribution in [0.15, 0.2) is 65.9 Å². The van der Waals surface area contributed by atoms with Gasteiger partial charge in [0, 0.05) is 26.3 Å². The molecule has 2 saturated heterocycles. The molecule has 1 aliphatic carbocycles. The topological polar surface area (TPSA) is 47.1 Å². The zero-order valence-electron chi connectivity index (χ0n) is 21.7. The number of likely N-dealkylation sites (tertiary alicyclic amines) is 1. The van der Waals surface area contributed by atoms with Crippen molar-refractivity contribution in [2.45, 2.75) is 50.7 Å². The van der Waals surface area contributed by atoms with Crippen molar-refractivity contribution in [1.82, 2.24) is 9.88 Å². The van der Waals surface area contributed by atoms with Crippen LogP contribution in [0.2, 0.25) is 0 Å². The van der Waals surface area contributed by atoms with Crippen LogP contribution in [-0.2, 0) is 11.2 Å². The van der Waals surface area contributed by atoms with Gasteiger partial charge in [-0.25, -0.2) is 4.98 Å². The number of piperidine rings is 2. The van der Waals surface area contributed by atoms with Gasteiger partial charge in [0.2, 0.25) is 5.88 Å². The number of pyridine rings is 1. The molecule has 0 N–H and O–H groups in total. The molecule has 3 heterocycles. The first-order valence-corrected chi connectivity index (χ1v) is 13.4. The Morgan fingerprint density at radius 3 is 2.53 bits per heavy atom. The molecule has 0 radical (unpaired) electrons. The number of aromatic nitrogens is 1. The van der Waals surface area contributed by atoms with Crippen molar-refractivity contribution in [1.29, 1.82) is 0 Å². The van der Waals surface area contributed by atoms with Crippen LogP contribution in [0, 0.1) is 0 Å². The van der Waals surface area contributed by atoms with Gasteiger partial charge < -0.3 is 19.1 Å². The van der Waals surface area contributed by atoms with Gasteiger partial charge in [-0.2, -0.15) is 0 Å². The number of nitrogens with zero attached hydrogens (tertiary/aromatic N) is 3. The van der Waals surface area contributed by atoms with E-state index >= 15 is 0 Å². The fourth-order valence-corrected chi connectivity index (χ4v) is 5.68. The second-order valence-corrected chi connectivity index (χ2v) is 9.98. The van der Waals surface area contributed by atoms with Gasteiger partial charge in [-0.15, -0.1) is 0 Å². The fourth-order valence-electron chi connectivity index (χ4n) is 5.68. The first-order chi connectivity index (χ1) is 17.7. The van der Waals surface area contributed by atoms with Gasteiger partial charge in [0.1, 0.15) is 12.4 Å².